The summed E-state index contributed by atoms with van der Waals surface area (Å²) in [4.78, 5) is 25.3. The molecule has 0 aliphatic carbocycles. The van der Waals surface area contributed by atoms with E-state index in [0.29, 0.717) is 28.3 Å². The number of oxazole rings is 1. The SMILES string of the molecule is CC(C)c1nc2cc(NC(=O)c3nccn4ccnc34)ccc2o1. The maximum atomic E-state index is 12.5. The second-order valence-corrected chi connectivity index (χ2v) is 5.78. The third kappa shape index (κ3) is 2.40. The van der Waals surface area contributed by atoms with Crippen LogP contribution in [0, 0.1) is 0 Å². The number of fused-ring (bicyclic) bond motifs is 2. The maximum absolute atomic E-state index is 12.5. The molecule has 1 N–H and O–H groups in total. The van der Waals surface area contributed by atoms with Crippen LogP contribution in [0.5, 0.6) is 0 Å². The van der Waals surface area contributed by atoms with Gasteiger partial charge in [0.1, 0.15) is 5.52 Å². The molecule has 1 amide bonds. The molecule has 4 rings (SSSR count). The first kappa shape index (κ1) is 14.4. The number of carbonyl (C=O) groups is 1. The van der Waals surface area contributed by atoms with Crippen LogP contribution in [0.4, 0.5) is 5.69 Å². The average Bonchev–Trinajstić information content (AvgIpc) is 3.20. The predicted octanol–water partition coefficient (Wildman–Crippen LogP) is 3.25. The quantitative estimate of drug-likeness (QED) is 0.626. The first-order chi connectivity index (χ1) is 11.6. The lowest BCUT2D eigenvalue weighted by molar-refractivity contribution is 0.102. The van der Waals surface area contributed by atoms with Crippen LogP contribution in [-0.4, -0.2) is 25.3 Å². The molecule has 0 saturated carbocycles. The number of anilines is 1. The predicted molar refractivity (Wildman–Crippen MR) is 89.0 cm³/mol. The van der Waals surface area contributed by atoms with Gasteiger partial charge in [-0.2, -0.15) is 0 Å². The second-order valence-electron chi connectivity index (χ2n) is 5.78. The molecule has 0 atom stereocenters. The van der Waals surface area contributed by atoms with Crippen molar-refractivity contribution in [3.8, 4) is 0 Å². The Morgan fingerprint density at radius 3 is 2.79 bits per heavy atom. The Kier molecular flexibility index (Phi) is 3.26. The molecule has 0 fully saturated rings. The fourth-order valence-corrected chi connectivity index (χ4v) is 2.47. The van der Waals surface area contributed by atoms with E-state index < -0.39 is 0 Å². The highest BCUT2D eigenvalue weighted by atomic mass is 16.3. The zero-order chi connectivity index (χ0) is 16.7. The molecule has 120 valence electrons. The van der Waals surface area contributed by atoms with Crippen molar-refractivity contribution in [1.29, 1.82) is 0 Å². The fourth-order valence-electron chi connectivity index (χ4n) is 2.47. The Balaban J connectivity index is 1.66. The van der Waals surface area contributed by atoms with E-state index in [4.69, 9.17) is 4.42 Å². The molecule has 0 spiro atoms. The van der Waals surface area contributed by atoms with Gasteiger partial charge in [-0.3, -0.25) is 4.79 Å². The van der Waals surface area contributed by atoms with Gasteiger partial charge in [0.25, 0.3) is 5.91 Å². The van der Waals surface area contributed by atoms with Crippen molar-refractivity contribution in [3.05, 3.63) is 54.6 Å². The molecule has 24 heavy (non-hydrogen) atoms. The van der Waals surface area contributed by atoms with Gasteiger partial charge in [0, 0.05) is 36.4 Å². The van der Waals surface area contributed by atoms with Crippen LogP contribution in [0.25, 0.3) is 16.7 Å². The number of amides is 1. The number of imidazole rings is 1. The third-order valence-corrected chi connectivity index (χ3v) is 3.68. The Morgan fingerprint density at radius 2 is 2.00 bits per heavy atom. The maximum Gasteiger partial charge on any atom is 0.278 e. The number of benzene rings is 1. The van der Waals surface area contributed by atoms with Crippen molar-refractivity contribution >= 4 is 28.3 Å². The normalized spacial score (nSPS) is 11.5. The minimum atomic E-state index is -0.321. The van der Waals surface area contributed by atoms with E-state index in [1.807, 2.05) is 13.8 Å². The molecule has 7 heteroatoms. The van der Waals surface area contributed by atoms with E-state index in [1.54, 1.807) is 47.4 Å². The summed E-state index contributed by atoms with van der Waals surface area (Å²) >= 11 is 0. The molecular weight excluding hydrogens is 306 g/mol. The summed E-state index contributed by atoms with van der Waals surface area (Å²) < 4.78 is 7.42. The zero-order valence-corrected chi connectivity index (χ0v) is 13.2. The van der Waals surface area contributed by atoms with Gasteiger partial charge in [-0.05, 0) is 18.2 Å². The van der Waals surface area contributed by atoms with Crippen LogP contribution in [0.1, 0.15) is 36.1 Å². The molecule has 0 saturated heterocycles. The minimum Gasteiger partial charge on any atom is -0.440 e. The molecule has 7 nitrogen and oxygen atoms in total. The van der Waals surface area contributed by atoms with Crippen LogP contribution in [0.2, 0.25) is 0 Å². The Morgan fingerprint density at radius 1 is 1.21 bits per heavy atom. The molecule has 0 aliphatic rings. The monoisotopic (exact) mass is 321 g/mol. The van der Waals surface area contributed by atoms with Crippen LogP contribution in [0.15, 0.2) is 47.4 Å². The van der Waals surface area contributed by atoms with Crippen LogP contribution >= 0.6 is 0 Å². The highest BCUT2D eigenvalue weighted by molar-refractivity contribution is 6.07. The second kappa shape index (κ2) is 5.45. The van der Waals surface area contributed by atoms with Crippen molar-refractivity contribution < 1.29 is 9.21 Å². The Bertz CT molecular complexity index is 1050. The van der Waals surface area contributed by atoms with Crippen LogP contribution in [0.3, 0.4) is 0 Å². The van der Waals surface area contributed by atoms with Gasteiger partial charge in [0.15, 0.2) is 22.8 Å². The van der Waals surface area contributed by atoms with Gasteiger partial charge in [-0.15, -0.1) is 0 Å². The van der Waals surface area contributed by atoms with Crippen molar-refractivity contribution in [1.82, 2.24) is 19.4 Å². The van der Waals surface area contributed by atoms with E-state index in [9.17, 15) is 4.79 Å². The van der Waals surface area contributed by atoms with E-state index >= 15 is 0 Å². The number of carbonyl (C=O) groups excluding carboxylic acids is 1. The number of nitrogens with one attached hydrogen (secondary N) is 1. The molecule has 0 aliphatic heterocycles. The summed E-state index contributed by atoms with van der Waals surface area (Å²) in [6.45, 7) is 4.04. The largest absolute Gasteiger partial charge is 0.440 e. The first-order valence-electron chi connectivity index (χ1n) is 7.61. The minimum absolute atomic E-state index is 0.206. The lowest BCUT2D eigenvalue weighted by atomic mass is 10.2. The van der Waals surface area contributed by atoms with E-state index in [1.165, 1.54) is 0 Å². The molecule has 0 radical (unpaired) electrons. The van der Waals surface area contributed by atoms with Crippen molar-refractivity contribution in [2.75, 3.05) is 5.32 Å². The van der Waals surface area contributed by atoms with Gasteiger partial charge in [0.05, 0.1) is 0 Å². The van der Waals surface area contributed by atoms with Gasteiger partial charge < -0.3 is 14.1 Å². The highest BCUT2D eigenvalue weighted by Gasteiger charge is 2.15. The Hall–Kier alpha value is -3.22. The molecule has 0 unspecified atom stereocenters. The fraction of sp³-hybridized carbons (Fsp3) is 0.176. The summed E-state index contributed by atoms with van der Waals surface area (Å²) in [6.07, 6.45) is 6.71. The number of hydrogen-bond donors (Lipinski definition) is 1. The van der Waals surface area contributed by atoms with Crippen LogP contribution < -0.4 is 5.32 Å². The van der Waals surface area contributed by atoms with Gasteiger partial charge >= 0.3 is 0 Å². The first-order valence-corrected chi connectivity index (χ1v) is 7.61. The zero-order valence-electron chi connectivity index (χ0n) is 13.2. The number of aromatic nitrogens is 4. The van der Waals surface area contributed by atoms with Crippen LogP contribution in [-0.2, 0) is 0 Å². The summed E-state index contributed by atoms with van der Waals surface area (Å²) in [5.74, 6) is 0.564. The molecule has 3 aromatic heterocycles. The van der Waals surface area contributed by atoms with Gasteiger partial charge in [0.2, 0.25) is 0 Å². The lowest BCUT2D eigenvalue weighted by Gasteiger charge is -2.05. The standard InChI is InChI=1S/C17H15N5O2/c1-10(2)17-21-12-9-11(3-4-13(12)24-17)20-16(23)14-15-19-6-8-22(15)7-5-18-14/h3-10H,1-2H3,(H,20,23). The van der Waals surface area contributed by atoms with E-state index in [2.05, 4.69) is 20.3 Å². The summed E-state index contributed by atoms with van der Waals surface area (Å²) in [5.41, 5.74) is 2.82. The van der Waals surface area contributed by atoms with Crippen molar-refractivity contribution in [2.24, 2.45) is 0 Å². The number of rotatable bonds is 3. The molecule has 4 aromatic rings. The van der Waals surface area contributed by atoms with Crippen molar-refractivity contribution in [3.63, 3.8) is 0 Å². The van der Waals surface area contributed by atoms with E-state index in [-0.39, 0.29) is 17.5 Å². The summed E-state index contributed by atoms with van der Waals surface area (Å²) in [5, 5.41) is 2.83. The van der Waals surface area contributed by atoms with Gasteiger partial charge in [-0.25, -0.2) is 15.0 Å². The topological polar surface area (TPSA) is 85.3 Å². The Labute approximate surface area is 137 Å². The number of nitrogens with zero attached hydrogens (tertiary/aromatic N) is 4. The third-order valence-electron chi connectivity index (χ3n) is 3.68. The summed E-state index contributed by atoms with van der Waals surface area (Å²) in [7, 11) is 0. The number of hydrogen-bond acceptors (Lipinski definition) is 5. The lowest BCUT2D eigenvalue weighted by Crippen LogP contribution is -2.15. The summed E-state index contributed by atoms with van der Waals surface area (Å²) in [6, 6.07) is 5.36. The average molecular weight is 321 g/mol. The van der Waals surface area contributed by atoms with E-state index in [0.717, 1.165) is 0 Å². The van der Waals surface area contributed by atoms with Crippen molar-refractivity contribution in [2.45, 2.75) is 19.8 Å². The molecule has 1 aromatic carbocycles. The molecular formula is C17H15N5O2. The smallest absolute Gasteiger partial charge is 0.278 e. The molecule has 3 heterocycles. The highest BCUT2D eigenvalue weighted by Crippen LogP contribution is 2.24. The van der Waals surface area contributed by atoms with Gasteiger partial charge in [-0.1, -0.05) is 13.8 Å². The molecule has 0 bridgehead atoms.